The van der Waals surface area contributed by atoms with Crippen molar-refractivity contribution in [3.05, 3.63) is 40.5 Å². The van der Waals surface area contributed by atoms with Crippen molar-refractivity contribution in [2.24, 2.45) is 4.99 Å². The Balaban J connectivity index is 1.87. The molecule has 1 fully saturated rings. The highest BCUT2D eigenvalue weighted by molar-refractivity contribution is 7.16. The number of benzene rings is 1. The van der Waals surface area contributed by atoms with Gasteiger partial charge < -0.3 is 14.7 Å². The number of aliphatic imine (C=N–C) groups is 1. The summed E-state index contributed by atoms with van der Waals surface area (Å²) in [4.78, 5) is 13.3. The first-order valence-electron chi connectivity index (χ1n) is 9.27. The van der Waals surface area contributed by atoms with Gasteiger partial charge in [-0.25, -0.2) is 9.38 Å². The molecule has 0 amide bonds. The van der Waals surface area contributed by atoms with Crippen LogP contribution in [0.15, 0.2) is 29.3 Å². The Bertz CT molecular complexity index is 836. The smallest absolute Gasteiger partial charge is 0.139 e. The number of aryl methyl sites for hydroxylation is 1. The van der Waals surface area contributed by atoms with E-state index in [9.17, 15) is 4.39 Å². The number of hydrogen-bond acceptors (Lipinski definition) is 5. The maximum Gasteiger partial charge on any atom is 0.139 e. The van der Waals surface area contributed by atoms with Crippen molar-refractivity contribution in [3.63, 3.8) is 0 Å². The molecule has 1 saturated heterocycles. The third-order valence-corrected chi connectivity index (χ3v) is 6.10. The highest BCUT2D eigenvalue weighted by atomic mass is 32.1. The molecule has 0 N–H and O–H groups in total. The number of thiophene rings is 1. The fourth-order valence-electron chi connectivity index (χ4n) is 3.67. The SMILES string of the molecule is CCCN1c2ccc(F)cc2N=C(N2CCN(C)CC2)c2cc(C)sc21. The fourth-order valence-corrected chi connectivity index (χ4v) is 4.71. The number of piperazine rings is 1. The molecule has 0 bridgehead atoms. The Morgan fingerprint density at radius 1 is 1.15 bits per heavy atom. The van der Waals surface area contributed by atoms with Crippen molar-refractivity contribution in [2.75, 3.05) is 44.7 Å². The average Bonchev–Trinajstić information content (AvgIpc) is 2.95. The first-order chi connectivity index (χ1) is 12.6. The number of likely N-dealkylation sites (N-methyl/N-ethyl adjacent to an activating group) is 1. The third kappa shape index (κ3) is 3.12. The van der Waals surface area contributed by atoms with E-state index >= 15 is 0 Å². The minimum absolute atomic E-state index is 0.233. The zero-order valence-corrected chi connectivity index (χ0v) is 16.4. The maximum absolute atomic E-state index is 14.0. The highest BCUT2D eigenvalue weighted by Gasteiger charge is 2.29. The van der Waals surface area contributed by atoms with Gasteiger partial charge in [-0.3, -0.25) is 0 Å². The molecule has 0 unspecified atom stereocenters. The number of hydrogen-bond donors (Lipinski definition) is 0. The predicted octanol–water partition coefficient (Wildman–Crippen LogP) is 4.38. The summed E-state index contributed by atoms with van der Waals surface area (Å²) in [7, 11) is 2.15. The molecule has 1 aromatic heterocycles. The molecule has 6 heteroatoms. The van der Waals surface area contributed by atoms with Crippen molar-refractivity contribution in [2.45, 2.75) is 20.3 Å². The number of halogens is 1. The van der Waals surface area contributed by atoms with Crippen LogP contribution >= 0.6 is 11.3 Å². The molecule has 1 aromatic carbocycles. The topological polar surface area (TPSA) is 22.1 Å². The van der Waals surface area contributed by atoms with Gasteiger partial charge in [0, 0.05) is 43.7 Å². The summed E-state index contributed by atoms with van der Waals surface area (Å²) in [6, 6.07) is 7.22. The Morgan fingerprint density at radius 3 is 2.65 bits per heavy atom. The quantitative estimate of drug-likeness (QED) is 0.781. The highest BCUT2D eigenvalue weighted by Crippen LogP contribution is 2.44. The van der Waals surface area contributed by atoms with Crippen molar-refractivity contribution >= 4 is 33.5 Å². The summed E-state index contributed by atoms with van der Waals surface area (Å²) in [6.07, 6.45) is 1.02. The minimum atomic E-state index is -0.233. The van der Waals surface area contributed by atoms with Gasteiger partial charge in [-0.15, -0.1) is 11.3 Å². The molecular formula is C20H25FN4S. The lowest BCUT2D eigenvalue weighted by molar-refractivity contribution is 0.216. The summed E-state index contributed by atoms with van der Waals surface area (Å²) >= 11 is 1.80. The Labute approximate surface area is 158 Å². The second-order valence-electron chi connectivity index (χ2n) is 7.09. The van der Waals surface area contributed by atoms with Gasteiger partial charge >= 0.3 is 0 Å². The average molecular weight is 373 g/mol. The maximum atomic E-state index is 14.0. The molecule has 2 aliphatic heterocycles. The van der Waals surface area contributed by atoms with Gasteiger partial charge in [-0.1, -0.05) is 6.92 Å². The van der Waals surface area contributed by atoms with Gasteiger partial charge in [-0.05, 0) is 38.6 Å². The van der Waals surface area contributed by atoms with Crippen LogP contribution in [0.5, 0.6) is 0 Å². The first kappa shape index (κ1) is 17.5. The zero-order chi connectivity index (χ0) is 18.3. The molecule has 0 saturated carbocycles. The summed E-state index contributed by atoms with van der Waals surface area (Å²) in [6.45, 7) is 9.16. The number of rotatable bonds is 2. The van der Waals surface area contributed by atoms with Crippen LogP contribution in [0, 0.1) is 12.7 Å². The zero-order valence-electron chi connectivity index (χ0n) is 15.6. The number of anilines is 2. The molecule has 4 rings (SSSR count). The van der Waals surface area contributed by atoms with Crippen LogP contribution in [-0.2, 0) is 0 Å². The van der Waals surface area contributed by atoms with Gasteiger partial charge in [0.25, 0.3) is 0 Å². The standard InChI is InChI=1S/C20H25FN4S/c1-4-7-25-18-6-5-15(21)13-17(18)22-19(16-12-14(2)26-20(16)25)24-10-8-23(3)9-11-24/h5-6,12-13H,4,7-11H2,1-3H3. The van der Waals surface area contributed by atoms with Crippen LogP contribution in [0.25, 0.3) is 0 Å². The van der Waals surface area contributed by atoms with E-state index in [1.807, 2.05) is 6.07 Å². The van der Waals surface area contributed by atoms with E-state index in [1.165, 1.54) is 21.5 Å². The van der Waals surface area contributed by atoms with Crippen LogP contribution in [0.2, 0.25) is 0 Å². The minimum Gasteiger partial charge on any atom is -0.353 e. The van der Waals surface area contributed by atoms with Crippen molar-refractivity contribution in [1.29, 1.82) is 0 Å². The summed E-state index contributed by atoms with van der Waals surface area (Å²) in [5.41, 5.74) is 2.91. The number of nitrogens with zero attached hydrogens (tertiary/aromatic N) is 4. The van der Waals surface area contributed by atoms with Crippen molar-refractivity contribution in [3.8, 4) is 0 Å². The van der Waals surface area contributed by atoms with Crippen LogP contribution in [-0.4, -0.2) is 55.4 Å². The Kier molecular flexibility index (Phi) is 4.71. The van der Waals surface area contributed by atoms with Crippen LogP contribution in [0.1, 0.15) is 23.8 Å². The second-order valence-corrected chi connectivity index (χ2v) is 8.32. The van der Waals surface area contributed by atoms with E-state index in [1.54, 1.807) is 17.4 Å². The van der Waals surface area contributed by atoms with Crippen molar-refractivity contribution < 1.29 is 4.39 Å². The number of amidine groups is 1. The van der Waals surface area contributed by atoms with Gasteiger partial charge in [0.1, 0.15) is 16.7 Å². The molecule has 0 spiro atoms. The monoisotopic (exact) mass is 372 g/mol. The summed E-state index contributed by atoms with van der Waals surface area (Å²) in [5.74, 6) is 0.756. The molecule has 138 valence electrons. The molecule has 3 heterocycles. The van der Waals surface area contributed by atoms with Gasteiger partial charge in [0.05, 0.1) is 16.9 Å². The summed E-state index contributed by atoms with van der Waals surface area (Å²) < 4.78 is 14.0. The van der Waals surface area contributed by atoms with Gasteiger partial charge in [0.15, 0.2) is 0 Å². The molecule has 26 heavy (non-hydrogen) atoms. The summed E-state index contributed by atoms with van der Waals surface area (Å²) in [5, 5.41) is 1.23. The van der Waals surface area contributed by atoms with E-state index in [-0.39, 0.29) is 5.82 Å². The Hall–Kier alpha value is -1.92. The lowest BCUT2D eigenvalue weighted by atomic mass is 10.2. The van der Waals surface area contributed by atoms with Crippen LogP contribution in [0.3, 0.4) is 0 Å². The van der Waals surface area contributed by atoms with E-state index in [4.69, 9.17) is 4.99 Å². The van der Waals surface area contributed by atoms with Crippen LogP contribution in [0.4, 0.5) is 20.8 Å². The number of fused-ring (bicyclic) bond motifs is 2. The Morgan fingerprint density at radius 2 is 1.92 bits per heavy atom. The molecule has 2 aliphatic rings. The van der Waals surface area contributed by atoms with Crippen molar-refractivity contribution in [1.82, 2.24) is 9.80 Å². The second kappa shape index (κ2) is 7.00. The van der Waals surface area contributed by atoms with E-state index < -0.39 is 0 Å². The third-order valence-electron chi connectivity index (χ3n) is 5.03. The van der Waals surface area contributed by atoms with Gasteiger partial charge in [0.2, 0.25) is 0 Å². The van der Waals surface area contributed by atoms with Crippen LogP contribution < -0.4 is 4.90 Å². The van der Waals surface area contributed by atoms with E-state index in [2.05, 4.69) is 41.7 Å². The van der Waals surface area contributed by atoms with Gasteiger partial charge in [-0.2, -0.15) is 0 Å². The molecule has 0 aliphatic carbocycles. The lowest BCUT2D eigenvalue weighted by Crippen LogP contribution is -2.47. The fraction of sp³-hybridized carbons (Fsp3) is 0.450. The van der Waals surface area contributed by atoms with E-state index in [0.29, 0.717) is 0 Å². The normalized spacial score (nSPS) is 17.6. The molecule has 0 radical (unpaired) electrons. The van der Waals surface area contributed by atoms with E-state index in [0.717, 1.165) is 56.4 Å². The molecular weight excluding hydrogens is 347 g/mol. The molecule has 0 atom stereocenters. The predicted molar refractivity (Wildman–Crippen MR) is 108 cm³/mol. The first-order valence-corrected chi connectivity index (χ1v) is 10.1. The molecule has 2 aromatic rings. The largest absolute Gasteiger partial charge is 0.353 e. The molecule has 4 nitrogen and oxygen atoms in total. The lowest BCUT2D eigenvalue weighted by Gasteiger charge is -2.34.